The maximum Gasteiger partial charge on any atom is 0.123 e. The van der Waals surface area contributed by atoms with E-state index in [1.54, 1.807) is 12.1 Å². The molecule has 0 spiro atoms. The molecule has 0 radical (unpaired) electrons. The van der Waals surface area contributed by atoms with Crippen molar-refractivity contribution in [2.75, 3.05) is 33.4 Å². The van der Waals surface area contributed by atoms with Gasteiger partial charge in [0.1, 0.15) is 5.82 Å². The van der Waals surface area contributed by atoms with Crippen LogP contribution in [0.5, 0.6) is 0 Å². The van der Waals surface area contributed by atoms with E-state index in [9.17, 15) is 4.39 Å². The smallest absolute Gasteiger partial charge is 0.123 e. The standard InChI is InChI=1S/C16H21FN2O2/c1-19(5-4-15-11-20-6-7-21-15)10-14-9-12-8-13(17)2-3-16(12)18-14/h2-3,8-9,15,18H,4-7,10-11H2,1H3. The molecular formula is C16H21FN2O2. The number of rotatable bonds is 5. The van der Waals surface area contributed by atoms with E-state index in [2.05, 4.69) is 16.9 Å². The maximum absolute atomic E-state index is 13.2. The highest BCUT2D eigenvalue weighted by Crippen LogP contribution is 2.17. The van der Waals surface area contributed by atoms with E-state index in [1.165, 1.54) is 6.07 Å². The molecule has 1 atom stereocenters. The topological polar surface area (TPSA) is 37.5 Å². The SMILES string of the molecule is CN(CCC1COCCO1)Cc1cc2cc(F)ccc2[nH]1. The number of hydrogen-bond donors (Lipinski definition) is 1. The van der Waals surface area contributed by atoms with Gasteiger partial charge in [-0.3, -0.25) is 0 Å². The Hall–Kier alpha value is -1.43. The summed E-state index contributed by atoms with van der Waals surface area (Å²) in [6, 6.07) is 6.83. The molecule has 1 aromatic carbocycles. The molecule has 1 fully saturated rings. The van der Waals surface area contributed by atoms with Crippen LogP contribution in [0.15, 0.2) is 24.3 Å². The lowest BCUT2D eigenvalue weighted by Gasteiger charge is -2.25. The number of nitrogens with zero attached hydrogens (tertiary/aromatic N) is 1. The van der Waals surface area contributed by atoms with Crippen LogP contribution in [-0.2, 0) is 16.0 Å². The second kappa shape index (κ2) is 6.56. The summed E-state index contributed by atoms with van der Waals surface area (Å²) < 4.78 is 24.2. The van der Waals surface area contributed by atoms with Crippen LogP contribution in [0.4, 0.5) is 4.39 Å². The average molecular weight is 292 g/mol. The Labute approximate surface area is 123 Å². The Kier molecular flexibility index (Phi) is 4.53. The van der Waals surface area contributed by atoms with Gasteiger partial charge in [-0.05, 0) is 37.7 Å². The molecule has 1 aromatic heterocycles. The second-order valence-electron chi connectivity index (χ2n) is 5.62. The first-order chi connectivity index (χ1) is 10.2. The van der Waals surface area contributed by atoms with E-state index in [-0.39, 0.29) is 11.9 Å². The number of hydrogen-bond acceptors (Lipinski definition) is 3. The van der Waals surface area contributed by atoms with Gasteiger partial charge in [0.25, 0.3) is 0 Å². The molecule has 2 aromatic rings. The third-order valence-electron chi connectivity index (χ3n) is 3.80. The molecule has 1 aliphatic heterocycles. The highest BCUT2D eigenvalue weighted by Gasteiger charge is 2.15. The van der Waals surface area contributed by atoms with Crippen molar-refractivity contribution in [3.8, 4) is 0 Å². The van der Waals surface area contributed by atoms with E-state index in [1.807, 2.05) is 6.07 Å². The van der Waals surface area contributed by atoms with Gasteiger partial charge in [0.2, 0.25) is 0 Å². The van der Waals surface area contributed by atoms with E-state index >= 15 is 0 Å². The van der Waals surface area contributed by atoms with Gasteiger partial charge in [0.15, 0.2) is 0 Å². The Balaban J connectivity index is 1.54. The molecule has 0 bridgehead atoms. The van der Waals surface area contributed by atoms with Gasteiger partial charge in [-0.15, -0.1) is 0 Å². The molecular weight excluding hydrogens is 271 g/mol. The first kappa shape index (κ1) is 14.5. The van der Waals surface area contributed by atoms with Crippen molar-refractivity contribution in [1.29, 1.82) is 0 Å². The summed E-state index contributed by atoms with van der Waals surface area (Å²) in [5.74, 6) is -0.198. The van der Waals surface area contributed by atoms with Crippen molar-refractivity contribution in [2.24, 2.45) is 0 Å². The number of fused-ring (bicyclic) bond motifs is 1. The van der Waals surface area contributed by atoms with Crippen molar-refractivity contribution in [2.45, 2.75) is 19.1 Å². The molecule has 0 aliphatic carbocycles. The van der Waals surface area contributed by atoms with Gasteiger partial charge in [-0.25, -0.2) is 4.39 Å². The number of nitrogens with one attached hydrogen (secondary N) is 1. The zero-order chi connectivity index (χ0) is 14.7. The highest BCUT2D eigenvalue weighted by molar-refractivity contribution is 5.80. The Morgan fingerprint density at radius 3 is 3.05 bits per heavy atom. The minimum Gasteiger partial charge on any atom is -0.376 e. The normalized spacial score (nSPS) is 19.5. The quantitative estimate of drug-likeness (QED) is 0.920. The van der Waals surface area contributed by atoms with Crippen LogP contribution in [0.25, 0.3) is 10.9 Å². The summed E-state index contributed by atoms with van der Waals surface area (Å²) in [6.45, 7) is 3.85. The lowest BCUT2D eigenvalue weighted by molar-refractivity contribution is -0.0924. The van der Waals surface area contributed by atoms with Crippen LogP contribution < -0.4 is 0 Å². The summed E-state index contributed by atoms with van der Waals surface area (Å²) >= 11 is 0. The van der Waals surface area contributed by atoms with Crippen molar-refractivity contribution in [3.63, 3.8) is 0 Å². The minimum absolute atomic E-state index is 0.198. The molecule has 0 amide bonds. The molecule has 5 heteroatoms. The maximum atomic E-state index is 13.2. The fraction of sp³-hybridized carbons (Fsp3) is 0.500. The van der Waals surface area contributed by atoms with Crippen LogP contribution in [0, 0.1) is 5.82 Å². The molecule has 1 N–H and O–H groups in total. The summed E-state index contributed by atoms with van der Waals surface area (Å²) in [5, 5.41) is 0.919. The zero-order valence-electron chi connectivity index (χ0n) is 12.3. The fourth-order valence-corrected chi connectivity index (χ4v) is 2.69. The Morgan fingerprint density at radius 2 is 2.24 bits per heavy atom. The molecule has 3 rings (SSSR count). The molecule has 1 unspecified atom stereocenters. The van der Waals surface area contributed by atoms with Crippen molar-refractivity contribution >= 4 is 10.9 Å². The predicted molar refractivity (Wildman–Crippen MR) is 79.8 cm³/mol. The summed E-state index contributed by atoms with van der Waals surface area (Å²) in [4.78, 5) is 5.56. The lowest BCUT2D eigenvalue weighted by Crippen LogP contribution is -2.32. The van der Waals surface area contributed by atoms with E-state index in [4.69, 9.17) is 9.47 Å². The first-order valence-corrected chi connectivity index (χ1v) is 7.36. The highest BCUT2D eigenvalue weighted by atomic mass is 19.1. The number of aromatic amines is 1. The minimum atomic E-state index is -0.198. The number of ether oxygens (including phenoxy) is 2. The van der Waals surface area contributed by atoms with E-state index < -0.39 is 0 Å². The van der Waals surface area contributed by atoms with Crippen molar-refractivity contribution in [3.05, 3.63) is 35.8 Å². The van der Waals surface area contributed by atoms with Gasteiger partial charge in [-0.1, -0.05) is 0 Å². The monoisotopic (exact) mass is 292 g/mol. The van der Waals surface area contributed by atoms with Crippen LogP contribution in [0.3, 0.4) is 0 Å². The Morgan fingerprint density at radius 1 is 1.33 bits per heavy atom. The molecule has 4 nitrogen and oxygen atoms in total. The van der Waals surface area contributed by atoms with Crippen molar-refractivity contribution in [1.82, 2.24) is 9.88 Å². The lowest BCUT2D eigenvalue weighted by atomic mass is 10.2. The predicted octanol–water partition coefficient (Wildman–Crippen LogP) is 2.54. The number of H-pyrrole nitrogens is 1. The van der Waals surface area contributed by atoms with Crippen LogP contribution in [-0.4, -0.2) is 49.4 Å². The van der Waals surface area contributed by atoms with Crippen LogP contribution in [0.2, 0.25) is 0 Å². The van der Waals surface area contributed by atoms with Gasteiger partial charge >= 0.3 is 0 Å². The van der Waals surface area contributed by atoms with Crippen LogP contribution >= 0.6 is 0 Å². The van der Waals surface area contributed by atoms with Gasteiger partial charge in [-0.2, -0.15) is 0 Å². The summed E-state index contributed by atoms with van der Waals surface area (Å²) in [7, 11) is 2.08. The third kappa shape index (κ3) is 3.81. The molecule has 114 valence electrons. The largest absolute Gasteiger partial charge is 0.376 e. The third-order valence-corrected chi connectivity index (χ3v) is 3.80. The van der Waals surface area contributed by atoms with E-state index in [0.717, 1.165) is 36.1 Å². The zero-order valence-corrected chi connectivity index (χ0v) is 12.3. The number of benzene rings is 1. The Bertz CT molecular complexity index is 593. The van der Waals surface area contributed by atoms with Gasteiger partial charge < -0.3 is 19.4 Å². The molecule has 2 heterocycles. The summed E-state index contributed by atoms with van der Waals surface area (Å²) in [5.41, 5.74) is 2.07. The fourth-order valence-electron chi connectivity index (χ4n) is 2.69. The van der Waals surface area contributed by atoms with Crippen molar-refractivity contribution < 1.29 is 13.9 Å². The second-order valence-corrected chi connectivity index (χ2v) is 5.62. The van der Waals surface area contributed by atoms with Crippen LogP contribution in [0.1, 0.15) is 12.1 Å². The number of aromatic nitrogens is 1. The molecule has 0 saturated carbocycles. The molecule has 21 heavy (non-hydrogen) atoms. The van der Waals surface area contributed by atoms with Gasteiger partial charge in [0, 0.05) is 29.7 Å². The summed E-state index contributed by atoms with van der Waals surface area (Å²) in [6.07, 6.45) is 1.17. The molecule has 1 aliphatic rings. The average Bonchev–Trinajstić information content (AvgIpc) is 2.87. The van der Waals surface area contributed by atoms with Gasteiger partial charge in [0.05, 0.1) is 25.9 Å². The first-order valence-electron chi connectivity index (χ1n) is 7.36. The van der Waals surface area contributed by atoms with E-state index in [0.29, 0.717) is 19.8 Å². The number of halogens is 1. The molecule has 1 saturated heterocycles.